The molecule has 8 nitrogen and oxygen atoms in total. The minimum atomic E-state index is 0.203. The summed E-state index contributed by atoms with van der Waals surface area (Å²) in [4.78, 5) is 9.42. The summed E-state index contributed by atoms with van der Waals surface area (Å²) >= 11 is 1.40. The summed E-state index contributed by atoms with van der Waals surface area (Å²) < 4.78 is 14.5. The highest BCUT2D eigenvalue weighted by Gasteiger charge is 2.22. The fourth-order valence-corrected chi connectivity index (χ4v) is 4.25. The summed E-state index contributed by atoms with van der Waals surface area (Å²) in [6.45, 7) is 1.97. The van der Waals surface area contributed by atoms with Crippen LogP contribution in [-0.4, -0.2) is 34.8 Å². The van der Waals surface area contributed by atoms with Gasteiger partial charge in [0.25, 0.3) is 0 Å². The molecule has 0 aromatic carbocycles. The van der Waals surface area contributed by atoms with Crippen LogP contribution in [0.25, 0.3) is 16.7 Å². The van der Waals surface area contributed by atoms with Crippen LogP contribution in [0.4, 0.5) is 10.9 Å². The molecule has 1 saturated carbocycles. The quantitative estimate of drug-likeness (QED) is 0.550. The van der Waals surface area contributed by atoms with Crippen molar-refractivity contribution < 1.29 is 4.74 Å². The van der Waals surface area contributed by atoms with Crippen LogP contribution < -0.4 is 10.1 Å². The maximum atomic E-state index is 6.35. The van der Waals surface area contributed by atoms with Gasteiger partial charge in [0.2, 0.25) is 11.8 Å². The van der Waals surface area contributed by atoms with Gasteiger partial charge in [-0.05, 0) is 56.3 Å². The van der Waals surface area contributed by atoms with E-state index < -0.39 is 0 Å². The molecule has 1 aliphatic carbocycles. The van der Waals surface area contributed by atoms with E-state index in [-0.39, 0.29) is 6.10 Å². The number of hydrogen-bond donors (Lipinski definition) is 1. The summed E-state index contributed by atoms with van der Waals surface area (Å²) in [7, 11) is 1.90. The summed E-state index contributed by atoms with van der Waals surface area (Å²) in [5.41, 5.74) is 3.62. The fraction of sp³-hybridized carbons (Fsp3) is 0.368. The lowest BCUT2D eigenvalue weighted by molar-refractivity contribution is 0.204. The van der Waals surface area contributed by atoms with Gasteiger partial charge >= 0.3 is 0 Å². The molecule has 0 spiro atoms. The number of aryl methyl sites for hydroxylation is 2. The highest BCUT2D eigenvalue weighted by molar-refractivity contribution is 7.10. The van der Waals surface area contributed by atoms with Crippen LogP contribution >= 0.6 is 11.5 Å². The van der Waals surface area contributed by atoms with Gasteiger partial charge in [0, 0.05) is 19.4 Å². The Hall–Kier alpha value is -2.94. The van der Waals surface area contributed by atoms with E-state index in [0.29, 0.717) is 11.8 Å². The smallest absolute Gasteiger partial charge is 0.244 e. The zero-order valence-electron chi connectivity index (χ0n) is 15.8. The average molecular weight is 395 g/mol. The van der Waals surface area contributed by atoms with Gasteiger partial charge in [0.15, 0.2) is 0 Å². The van der Waals surface area contributed by atoms with Crippen molar-refractivity contribution in [3.05, 3.63) is 36.4 Å². The van der Waals surface area contributed by atoms with E-state index in [9.17, 15) is 0 Å². The molecular formula is C19H21N7OS. The molecule has 0 radical (unpaired) electrons. The third-order valence-corrected chi connectivity index (χ3v) is 5.71. The molecule has 4 aromatic rings. The van der Waals surface area contributed by atoms with Crippen molar-refractivity contribution in [1.82, 2.24) is 28.7 Å². The first kappa shape index (κ1) is 17.2. The normalized spacial score (nSPS) is 14.8. The molecule has 5 rings (SSSR count). The number of fused-ring (bicyclic) bond motifs is 1. The van der Waals surface area contributed by atoms with Crippen LogP contribution in [0.2, 0.25) is 0 Å². The number of hydrogen-bond acceptors (Lipinski definition) is 7. The SMILES string of the molecule is Cc1cc(Nc2nc(OC3CCCC3)c3c(ccn3-c3cnn(C)c3)n2)sn1. The van der Waals surface area contributed by atoms with Gasteiger partial charge < -0.3 is 14.6 Å². The minimum absolute atomic E-state index is 0.203. The third-order valence-electron chi connectivity index (χ3n) is 4.91. The second-order valence-corrected chi connectivity index (χ2v) is 7.93. The van der Waals surface area contributed by atoms with E-state index in [4.69, 9.17) is 14.7 Å². The molecule has 144 valence electrons. The molecule has 4 heterocycles. The molecule has 9 heteroatoms. The predicted octanol–water partition coefficient (Wildman–Crippen LogP) is 3.98. The zero-order chi connectivity index (χ0) is 19.1. The van der Waals surface area contributed by atoms with E-state index in [2.05, 4.69) is 14.8 Å². The number of aromatic nitrogens is 6. The minimum Gasteiger partial charge on any atom is -0.473 e. The molecule has 1 fully saturated rings. The molecule has 0 bridgehead atoms. The third kappa shape index (κ3) is 3.22. The van der Waals surface area contributed by atoms with Gasteiger partial charge in [0.1, 0.15) is 16.6 Å². The van der Waals surface area contributed by atoms with Gasteiger partial charge in [0.05, 0.1) is 23.1 Å². The lowest BCUT2D eigenvalue weighted by atomic mass is 10.3. The van der Waals surface area contributed by atoms with E-state index in [1.807, 2.05) is 49.3 Å². The highest BCUT2D eigenvalue weighted by Crippen LogP contribution is 2.32. The first-order valence-corrected chi connectivity index (χ1v) is 10.2. The summed E-state index contributed by atoms with van der Waals surface area (Å²) in [5, 5.41) is 8.46. The molecular weight excluding hydrogens is 374 g/mol. The summed E-state index contributed by atoms with van der Waals surface area (Å²) in [5.74, 6) is 1.13. The van der Waals surface area contributed by atoms with Crippen molar-refractivity contribution >= 4 is 33.5 Å². The van der Waals surface area contributed by atoms with Crippen LogP contribution in [-0.2, 0) is 7.05 Å². The monoisotopic (exact) mass is 395 g/mol. The Balaban J connectivity index is 1.59. The van der Waals surface area contributed by atoms with Crippen molar-refractivity contribution in [2.45, 2.75) is 38.7 Å². The van der Waals surface area contributed by atoms with E-state index in [1.54, 1.807) is 4.68 Å². The molecule has 4 aromatic heterocycles. The maximum absolute atomic E-state index is 6.35. The van der Waals surface area contributed by atoms with Crippen LogP contribution in [0.5, 0.6) is 5.88 Å². The second kappa shape index (κ2) is 6.90. The first-order chi connectivity index (χ1) is 13.7. The molecule has 0 aliphatic heterocycles. The number of nitrogens with one attached hydrogen (secondary N) is 1. The van der Waals surface area contributed by atoms with Gasteiger partial charge in [-0.15, -0.1) is 0 Å². The molecule has 1 N–H and O–H groups in total. The number of rotatable bonds is 5. The van der Waals surface area contributed by atoms with Crippen LogP contribution in [0, 0.1) is 6.92 Å². The Bertz CT molecular complexity index is 1120. The van der Waals surface area contributed by atoms with Crippen molar-refractivity contribution in [1.29, 1.82) is 0 Å². The van der Waals surface area contributed by atoms with Crippen molar-refractivity contribution in [3.63, 3.8) is 0 Å². The first-order valence-electron chi connectivity index (χ1n) is 9.41. The van der Waals surface area contributed by atoms with Gasteiger partial charge in [-0.1, -0.05) is 0 Å². The van der Waals surface area contributed by atoms with Crippen molar-refractivity contribution in [2.24, 2.45) is 7.05 Å². The molecule has 0 amide bonds. The molecule has 0 saturated heterocycles. The summed E-state index contributed by atoms with van der Waals surface area (Å²) in [6.07, 6.45) is 10.5. The standard InChI is InChI=1S/C19H21N7OS/c1-12-9-16(28-24-12)22-19-21-15-7-8-26(13-10-20-25(2)11-13)17(15)18(23-19)27-14-5-3-4-6-14/h7-11,14H,3-6H2,1-2H3,(H,21,22,23). The topological polar surface area (TPSA) is 82.7 Å². The lowest BCUT2D eigenvalue weighted by Gasteiger charge is -2.15. The molecule has 0 atom stereocenters. The Morgan fingerprint density at radius 1 is 1.25 bits per heavy atom. The van der Waals surface area contributed by atoms with Crippen LogP contribution in [0.3, 0.4) is 0 Å². The lowest BCUT2D eigenvalue weighted by Crippen LogP contribution is -2.13. The van der Waals surface area contributed by atoms with Crippen molar-refractivity contribution in [3.8, 4) is 11.6 Å². The predicted molar refractivity (Wildman–Crippen MR) is 109 cm³/mol. The van der Waals surface area contributed by atoms with Gasteiger partial charge in [-0.3, -0.25) is 4.68 Å². The zero-order valence-corrected chi connectivity index (χ0v) is 16.6. The Morgan fingerprint density at radius 3 is 2.82 bits per heavy atom. The highest BCUT2D eigenvalue weighted by atomic mass is 32.1. The number of ether oxygens (including phenoxy) is 1. The maximum Gasteiger partial charge on any atom is 0.244 e. The Labute approximate surface area is 166 Å². The number of nitrogens with zero attached hydrogens (tertiary/aromatic N) is 6. The number of anilines is 2. The summed E-state index contributed by atoms with van der Waals surface area (Å²) in [6, 6.07) is 3.96. The molecule has 0 unspecified atom stereocenters. The Kier molecular flexibility index (Phi) is 4.23. The van der Waals surface area contributed by atoms with E-state index in [0.717, 1.165) is 40.3 Å². The molecule has 28 heavy (non-hydrogen) atoms. The Morgan fingerprint density at radius 2 is 2.11 bits per heavy atom. The van der Waals surface area contributed by atoms with E-state index in [1.165, 1.54) is 24.4 Å². The van der Waals surface area contributed by atoms with E-state index >= 15 is 0 Å². The van der Waals surface area contributed by atoms with Crippen LogP contribution in [0.1, 0.15) is 31.4 Å². The van der Waals surface area contributed by atoms with Gasteiger partial charge in [-0.2, -0.15) is 14.5 Å². The van der Waals surface area contributed by atoms with Crippen molar-refractivity contribution in [2.75, 3.05) is 5.32 Å². The second-order valence-electron chi connectivity index (χ2n) is 7.13. The van der Waals surface area contributed by atoms with Gasteiger partial charge in [-0.25, -0.2) is 4.98 Å². The fourth-order valence-electron chi connectivity index (χ4n) is 3.60. The largest absolute Gasteiger partial charge is 0.473 e. The van der Waals surface area contributed by atoms with Crippen LogP contribution in [0.15, 0.2) is 30.7 Å². The average Bonchev–Trinajstić information content (AvgIpc) is 3.43. The molecule has 1 aliphatic rings.